The summed E-state index contributed by atoms with van der Waals surface area (Å²) in [7, 11) is 0. The SMILES string of the molecule is CC(C)Oc1cc(Cl)ccc1C(=O)Nc1ccc(N(C=O)CCc2ccccn2)cc1. The van der Waals surface area contributed by atoms with Crippen molar-refractivity contribution in [2.45, 2.75) is 26.4 Å². The van der Waals surface area contributed by atoms with Crippen molar-refractivity contribution in [3.8, 4) is 5.75 Å². The number of hydrogen-bond donors (Lipinski definition) is 1. The molecule has 0 aliphatic heterocycles. The molecule has 0 atom stereocenters. The van der Waals surface area contributed by atoms with E-state index in [2.05, 4.69) is 10.3 Å². The van der Waals surface area contributed by atoms with Gasteiger partial charge in [-0.1, -0.05) is 17.7 Å². The maximum atomic E-state index is 12.8. The lowest BCUT2D eigenvalue weighted by atomic mass is 10.1. The largest absolute Gasteiger partial charge is 0.490 e. The first-order valence-electron chi connectivity index (χ1n) is 9.95. The molecule has 0 saturated heterocycles. The first-order valence-corrected chi connectivity index (χ1v) is 10.3. The van der Waals surface area contributed by atoms with Crippen LogP contribution >= 0.6 is 11.6 Å². The summed E-state index contributed by atoms with van der Waals surface area (Å²) >= 11 is 6.04. The molecule has 160 valence electrons. The van der Waals surface area contributed by atoms with E-state index in [1.165, 1.54) is 0 Å². The van der Waals surface area contributed by atoms with Gasteiger partial charge in [-0.2, -0.15) is 0 Å². The molecule has 0 aliphatic rings. The molecule has 0 saturated carbocycles. The Balaban J connectivity index is 1.67. The van der Waals surface area contributed by atoms with E-state index in [-0.39, 0.29) is 12.0 Å². The van der Waals surface area contributed by atoms with E-state index in [0.29, 0.717) is 35.0 Å². The topological polar surface area (TPSA) is 71.5 Å². The summed E-state index contributed by atoms with van der Waals surface area (Å²) in [5.74, 6) is 0.126. The van der Waals surface area contributed by atoms with Gasteiger partial charge in [0.25, 0.3) is 5.91 Å². The van der Waals surface area contributed by atoms with Gasteiger partial charge in [-0.3, -0.25) is 14.6 Å². The number of pyridine rings is 1. The number of nitrogens with one attached hydrogen (secondary N) is 1. The lowest BCUT2D eigenvalue weighted by Gasteiger charge is -2.18. The van der Waals surface area contributed by atoms with Crippen LogP contribution in [0.2, 0.25) is 5.02 Å². The Morgan fingerprint density at radius 3 is 2.58 bits per heavy atom. The summed E-state index contributed by atoms with van der Waals surface area (Å²) in [6.45, 7) is 4.27. The van der Waals surface area contributed by atoms with Crippen LogP contribution in [0.5, 0.6) is 5.75 Å². The van der Waals surface area contributed by atoms with Gasteiger partial charge in [0.15, 0.2) is 0 Å². The van der Waals surface area contributed by atoms with Crippen LogP contribution in [-0.2, 0) is 11.2 Å². The average molecular weight is 438 g/mol. The van der Waals surface area contributed by atoms with Gasteiger partial charge in [-0.15, -0.1) is 0 Å². The number of carbonyl (C=O) groups excluding carboxylic acids is 2. The van der Waals surface area contributed by atoms with E-state index in [9.17, 15) is 9.59 Å². The average Bonchev–Trinajstić information content (AvgIpc) is 2.75. The fraction of sp³-hybridized carbons (Fsp3) is 0.208. The third-order valence-corrected chi connectivity index (χ3v) is 4.71. The normalized spacial score (nSPS) is 10.6. The summed E-state index contributed by atoms with van der Waals surface area (Å²) in [4.78, 5) is 30.2. The third-order valence-electron chi connectivity index (χ3n) is 4.47. The molecule has 6 nitrogen and oxygen atoms in total. The molecule has 3 rings (SSSR count). The number of nitrogens with zero attached hydrogens (tertiary/aromatic N) is 2. The number of rotatable bonds is 9. The minimum Gasteiger partial charge on any atom is -0.490 e. The van der Waals surface area contributed by atoms with Crippen LogP contribution < -0.4 is 15.0 Å². The fourth-order valence-corrected chi connectivity index (χ4v) is 3.16. The van der Waals surface area contributed by atoms with Gasteiger partial charge in [0.2, 0.25) is 6.41 Å². The second kappa shape index (κ2) is 10.6. The molecule has 0 spiro atoms. The molecule has 1 N–H and O–H groups in total. The van der Waals surface area contributed by atoms with Crippen molar-refractivity contribution in [3.63, 3.8) is 0 Å². The monoisotopic (exact) mass is 437 g/mol. The Labute approximate surface area is 186 Å². The molecule has 0 bridgehead atoms. The van der Waals surface area contributed by atoms with Crippen molar-refractivity contribution >= 4 is 35.3 Å². The van der Waals surface area contributed by atoms with Crippen LogP contribution in [0.1, 0.15) is 29.9 Å². The molecule has 2 aromatic carbocycles. The highest BCUT2D eigenvalue weighted by Crippen LogP contribution is 2.26. The molecule has 0 unspecified atom stereocenters. The van der Waals surface area contributed by atoms with Crippen LogP contribution in [-0.4, -0.2) is 29.9 Å². The summed E-state index contributed by atoms with van der Waals surface area (Å²) in [6.07, 6.45) is 3.08. The van der Waals surface area contributed by atoms with E-state index < -0.39 is 0 Å². The number of carbonyl (C=O) groups is 2. The molecule has 2 amide bonds. The van der Waals surface area contributed by atoms with E-state index in [1.807, 2.05) is 32.0 Å². The van der Waals surface area contributed by atoms with Gasteiger partial charge in [0, 0.05) is 41.3 Å². The molecule has 0 fully saturated rings. The van der Waals surface area contributed by atoms with E-state index in [1.54, 1.807) is 53.6 Å². The number of benzene rings is 2. The number of amides is 2. The molecular formula is C24H24ClN3O3. The summed E-state index contributed by atoms with van der Waals surface area (Å²) in [5.41, 5.74) is 2.65. The maximum Gasteiger partial charge on any atom is 0.259 e. The highest BCUT2D eigenvalue weighted by Gasteiger charge is 2.15. The summed E-state index contributed by atoms with van der Waals surface area (Å²) < 4.78 is 5.72. The van der Waals surface area contributed by atoms with E-state index in [0.717, 1.165) is 17.8 Å². The van der Waals surface area contributed by atoms with Gasteiger partial charge >= 0.3 is 0 Å². The van der Waals surface area contributed by atoms with Gasteiger partial charge in [0.1, 0.15) is 5.75 Å². The predicted molar refractivity (Wildman–Crippen MR) is 123 cm³/mol. The quantitative estimate of drug-likeness (QED) is 0.479. The summed E-state index contributed by atoms with van der Waals surface area (Å²) in [6, 6.07) is 17.7. The number of halogens is 1. The number of ether oxygens (including phenoxy) is 1. The Kier molecular flexibility index (Phi) is 7.62. The van der Waals surface area contributed by atoms with Crippen molar-refractivity contribution in [1.82, 2.24) is 4.98 Å². The maximum absolute atomic E-state index is 12.8. The number of anilines is 2. The van der Waals surface area contributed by atoms with Gasteiger partial charge in [-0.25, -0.2) is 0 Å². The van der Waals surface area contributed by atoms with Crippen LogP contribution in [0.15, 0.2) is 66.9 Å². The van der Waals surface area contributed by atoms with Crippen molar-refractivity contribution in [2.24, 2.45) is 0 Å². The molecule has 1 aromatic heterocycles. The van der Waals surface area contributed by atoms with Crippen LogP contribution in [0, 0.1) is 0 Å². The molecule has 3 aromatic rings. The highest BCUT2D eigenvalue weighted by atomic mass is 35.5. The number of hydrogen-bond acceptors (Lipinski definition) is 4. The predicted octanol–water partition coefficient (Wildman–Crippen LogP) is 4.98. The molecule has 0 aliphatic carbocycles. The number of aromatic nitrogens is 1. The Hall–Kier alpha value is -3.38. The zero-order valence-electron chi connectivity index (χ0n) is 17.4. The van der Waals surface area contributed by atoms with Crippen LogP contribution in [0.4, 0.5) is 11.4 Å². The zero-order valence-corrected chi connectivity index (χ0v) is 18.2. The van der Waals surface area contributed by atoms with Gasteiger partial charge in [0.05, 0.1) is 11.7 Å². The Morgan fingerprint density at radius 1 is 1.16 bits per heavy atom. The zero-order chi connectivity index (χ0) is 22.2. The van der Waals surface area contributed by atoms with Gasteiger partial charge < -0.3 is 15.0 Å². The van der Waals surface area contributed by atoms with Crippen molar-refractivity contribution in [2.75, 3.05) is 16.8 Å². The molecule has 0 radical (unpaired) electrons. The standard InChI is InChI=1S/C24H24ClN3O3/c1-17(2)31-23-15-18(25)6-11-22(23)24(30)27-20-7-9-21(10-8-20)28(16-29)14-12-19-5-3-4-13-26-19/h3-11,13,15-17H,12,14H2,1-2H3,(H,27,30). The highest BCUT2D eigenvalue weighted by molar-refractivity contribution is 6.31. The lowest BCUT2D eigenvalue weighted by molar-refractivity contribution is -0.107. The van der Waals surface area contributed by atoms with Crippen molar-refractivity contribution < 1.29 is 14.3 Å². The lowest BCUT2D eigenvalue weighted by Crippen LogP contribution is -2.24. The molecule has 31 heavy (non-hydrogen) atoms. The molecule has 1 heterocycles. The van der Waals surface area contributed by atoms with Crippen LogP contribution in [0.3, 0.4) is 0 Å². The first-order chi connectivity index (χ1) is 15.0. The Morgan fingerprint density at radius 2 is 1.94 bits per heavy atom. The minimum absolute atomic E-state index is 0.0929. The van der Waals surface area contributed by atoms with Gasteiger partial charge in [-0.05, 0) is 68.4 Å². The first kappa shape index (κ1) is 22.3. The second-order valence-electron chi connectivity index (χ2n) is 7.18. The smallest absolute Gasteiger partial charge is 0.259 e. The van der Waals surface area contributed by atoms with Crippen molar-refractivity contribution in [1.29, 1.82) is 0 Å². The second-order valence-corrected chi connectivity index (χ2v) is 7.61. The minimum atomic E-state index is -0.303. The Bertz CT molecular complexity index is 1020. The molecule has 7 heteroatoms. The third kappa shape index (κ3) is 6.30. The fourth-order valence-electron chi connectivity index (χ4n) is 2.99. The van der Waals surface area contributed by atoms with E-state index in [4.69, 9.17) is 16.3 Å². The van der Waals surface area contributed by atoms with E-state index >= 15 is 0 Å². The molecular weight excluding hydrogens is 414 g/mol. The van der Waals surface area contributed by atoms with Crippen molar-refractivity contribution in [3.05, 3.63) is 83.1 Å². The summed E-state index contributed by atoms with van der Waals surface area (Å²) in [5, 5.41) is 3.35. The van der Waals surface area contributed by atoms with Crippen LogP contribution in [0.25, 0.3) is 0 Å².